The number of carbonyl (C=O) groups is 1. The average Bonchev–Trinajstić information content (AvgIpc) is 3.11. The van der Waals surface area contributed by atoms with Gasteiger partial charge in [-0.2, -0.15) is 0 Å². The standard InChI is InChI=1S/C15H18N4O5/c1-23-10-3-2-6-16-11(10)13-17-18-14(24-13)12(20)9-4-7-19(8-5-9)15(21)22/h2-3,6,9,12,20H,4-5,7-8H2,1H3,(H,21,22). The molecule has 24 heavy (non-hydrogen) atoms. The lowest BCUT2D eigenvalue weighted by atomic mass is 9.91. The summed E-state index contributed by atoms with van der Waals surface area (Å²) in [5, 5.41) is 27.2. The third-order valence-electron chi connectivity index (χ3n) is 4.14. The van der Waals surface area contributed by atoms with Crippen LogP contribution in [-0.4, -0.2) is 56.6 Å². The zero-order chi connectivity index (χ0) is 17.1. The molecule has 0 aromatic carbocycles. The molecule has 2 aromatic rings. The second-order valence-electron chi connectivity index (χ2n) is 5.55. The molecule has 0 radical (unpaired) electrons. The first-order chi connectivity index (χ1) is 11.6. The lowest BCUT2D eigenvalue weighted by molar-refractivity contribution is 0.0409. The Kier molecular flexibility index (Phi) is 4.61. The molecule has 1 fully saturated rings. The van der Waals surface area contributed by atoms with Crippen molar-refractivity contribution >= 4 is 6.09 Å². The van der Waals surface area contributed by atoms with Crippen LogP contribution in [0.5, 0.6) is 5.75 Å². The van der Waals surface area contributed by atoms with Gasteiger partial charge < -0.3 is 24.3 Å². The summed E-state index contributed by atoms with van der Waals surface area (Å²) < 4.78 is 10.8. The number of piperidine rings is 1. The highest BCUT2D eigenvalue weighted by atomic mass is 16.5. The van der Waals surface area contributed by atoms with Gasteiger partial charge in [0.1, 0.15) is 11.9 Å². The zero-order valence-corrected chi connectivity index (χ0v) is 13.1. The monoisotopic (exact) mass is 334 g/mol. The summed E-state index contributed by atoms with van der Waals surface area (Å²) in [5.74, 6) is 0.646. The van der Waals surface area contributed by atoms with Crippen molar-refractivity contribution in [2.45, 2.75) is 18.9 Å². The van der Waals surface area contributed by atoms with Crippen molar-refractivity contribution in [3.8, 4) is 17.3 Å². The van der Waals surface area contributed by atoms with Crippen LogP contribution in [0.25, 0.3) is 11.6 Å². The first-order valence-electron chi connectivity index (χ1n) is 7.59. The molecule has 0 bridgehead atoms. The lowest BCUT2D eigenvalue weighted by Gasteiger charge is -2.31. The Morgan fingerprint density at radius 2 is 2.17 bits per heavy atom. The number of nitrogens with zero attached hydrogens (tertiary/aromatic N) is 4. The highest BCUT2D eigenvalue weighted by Crippen LogP contribution is 2.32. The van der Waals surface area contributed by atoms with Gasteiger partial charge in [-0.3, -0.25) is 0 Å². The Bertz CT molecular complexity index is 711. The van der Waals surface area contributed by atoms with Crippen LogP contribution in [0.3, 0.4) is 0 Å². The number of ether oxygens (including phenoxy) is 1. The number of likely N-dealkylation sites (tertiary alicyclic amines) is 1. The van der Waals surface area contributed by atoms with E-state index >= 15 is 0 Å². The van der Waals surface area contributed by atoms with Gasteiger partial charge in [0.05, 0.1) is 7.11 Å². The molecular formula is C15H18N4O5. The van der Waals surface area contributed by atoms with Gasteiger partial charge in [-0.15, -0.1) is 10.2 Å². The molecule has 0 saturated carbocycles. The normalized spacial score (nSPS) is 16.8. The number of carboxylic acid groups (broad SMARTS) is 1. The molecular weight excluding hydrogens is 316 g/mol. The maximum Gasteiger partial charge on any atom is 0.407 e. The van der Waals surface area contributed by atoms with Crippen molar-refractivity contribution in [3.05, 3.63) is 24.2 Å². The smallest absolute Gasteiger partial charge is 0.407 e. The van der Waals surface area contributed by atoms with E-state index in [-0.39, 0.29) is 17.7 Å². The number of amides is 1. The molecule has 0 aliphatic carbocycles. The molecule has 9 heteroatoms. The van der Waals surface area contributed by atoms with Crippen molar-refractivity contribution in [1.29, 1.82) is 0 Å². The van der Waals surface area contributed by atoms with Gasteiger partial charge in [-0.1, -0.05) is 0 Å². The fourth-order valence-electron chi connectivity index (χ4n) is 2.77. The van der Waals surface area contributed by atoms with Gasteiger partial charge in [0.15, 0.2) is 5.69 Å². The van der Waals surface area contributed by atoms with Gasteiger partial charge in [-0.25, -0.2) is 9.78 Å². The van der Waals surface area contributed by atoms with Crippen molar-refractivity contribution < 1.29 is 24.2 Å². The van der Waals surface area contributed by atoms with Crippen LogP contribution in [0.15, 0.2) is 22.7 Å². The first kappa shape index (κ1) is 16.2. The summed E-state index contributed by atoms with van der Waals surface area (Å²) in [6.07, 6.45) is 0.790. The molecule has 128 valence electrons. The van der Waals surface area contributed by atoms with E-state index in [0.717, 1.165) is 0 Å². The van der Waals surface area contributed by atoms with Crippen LogP contribution in [0.2, 0.25) is 0 Å². The maximum atomic E-state index is 10.9. The number of aromatic nitrogens is 3. The molecule has 1 saturated heterocycles. The minimum Gasteiger partial charge on any atom is -0.494 e. The van der Waals surface area contributed by atoms with Crippen LogP contribution in [0.1, 0.15) is 24.8 Å². The zero-order valence-electron chi connectivity index (χ0n) is 13.1. The minimum absolute atomic E-state index is 0.103. The van der Waals surface area contributed by atoms with Crippen LogP contribution in [0.4, 0.5) is 4.79 Å². The summed E-state index contributed by atoms with van der Waals surface area (Å²) >= 11 is 0. The van der Waals surface area contributed by atoms with Crippen LogP contribution < -0.4 is 4.74 Å². The highest BCUT2D eigenvalue weighted by molar-refractivity contribution is 5.65. The van der Waals surface area contributed by atoms with Crippen molar-refractivity contribution in [2.75, 3.05) is 20.2 Å². The molecule has 1 atom stereocenters. The molecule has 1 amide bonds. The van der Waals surface area contributed by atoms with E-state index in [4.69, 9.17) is 14.3 Å². The molecule has 0 spiro atoms. The fourth-order valence-corrected chi connectivity index (χ4v) is 2.77. The summed E-state index contributed by atoms with van der Waals surface area (Å²) in [4.78, 5) is 16.4. The van der Waals surface area contributed by atoms with E-state index in [0.29, 0.717) is 37.4 Å². The SMILES string of the molecule is COc1cccnc1-c1nnc(C(O)C2CCN(C(=O)O)CC2)o1. The summed E-state index contributed by atoms with van der Waals surface area (Å²) in [6, 6.07) is 3.45. The van der Waals surface area contributed by atoms with E-state index < -0.39 is 12.2 Å². The Balaban J connectivity index is 1.72. The van der Waals surface area contributed by atoms with Crippen molar-refractivity contribution in [2.24, 2.45) is 5.92 Å². The second kappa shape index (κ2) is 6.83. The van der Waals surface area contributed by atoms with E-state index in [1.165, 1.54) is 12.0 Å². The Morgan fingerprint density at radius 3 is 2.83 bits per heavy atom. The number of pyridine rings is 1. The maximum absolute atomic E-state index is 10.9. The van der Waals surface area contributed by atoms with E-state index in [2.05, 4.69) is 15.2 Å². The van der Waals surface area contributed by atoms with Gasteiger partial charge >= 0.3 is 6.09 Å². The first-order valence-corrected chi connectivity index (χ1v) is 7.59. The predicted octanol–water partition coefficient (Wildman–Crippen LogP) is 1.56. The van der Waals surface area contributed by atoms with Crippen molar-refractivity contribution in [3.63, 3.8) is 0 Å². The number of hydrogen-bond donors (Lipinski definition) is 2. The molecule has 1 aliphatic rings. The van der Waals surface area contributed by atoms with Crippen LogP contribution in [0, 0.1) is 5.92 Å². The Labute approximate surface area is 137 Å². The largest absolute Gasteiger partial charge is 0.494 e. The number of aliphatic hydroxyl groups excluding tert-OH is 1. The van der Waals surface area contributed by atoms with E-state index in [1.54, 1.807) is 18.3 Å². The lowest BCUT2D eigenvalue weighted by Crippen LogP contribution is -2.38. The Hall–Kier alpha value is -2.68. The fraction of sp³-hybridized carbons (Fsp3) is 0.467. The quantitative estimate of drug-likeness (QED) is 0.864. The third-order valence-corrected chi connectivity index (χ3v) is 4.14. The molecule has 9 nitrogen and oxygen atoms in total. The summed E-state index contributed by atoms with van der Waals surface area (Å²) in [5.41, 5.74) is 0.409. The number of hydrogen-bond acceptors (Lipinski definition) is 7. The number of methoxy groups -OCH3 is 1. The highest BCUT2D eigenvalue weighted by Gasteiger charge is 2.31. The number of aliphatic hydroxyl groups is 1. The Morgan fingerprint density at radius 1 is 1.42 bits per heavy atom. The molecule has 2 aromatic heterocycles. The van der Waals surface area contributed by atoms with Gasteiger partial charge in [-0.05, 0) is 30.9 Å². The van der Waals surface area contributed by atoms with Gasteiger partial charge in [0.25, 0.3) is 5.89 Å². The topological polar surface area (TPSA) is 122 Å². The molecule has 2 N–H and O–H groups in total. The van der Waals surface area contributed by atoms with Crippen molar-refractivity contribution in [1.82, 2.24) is 20.1 Å². The predicted molar refractivity (Wildman–Crippen MR) is 81.4 cm³/mol. The summed E-state index contributed by atoms with van der Waals surface area (Å²) in [7, 11) is 1.52. The van der Waals surface area contributed by atoms with Gasteiger partial charge in [0.2, 0.25) is 5.89 Å². The van der Waals surface area contributed by atoms with Crippen LogP contribution in [-0.2, 0) is 0 Å². The molecule has 1 unspecified atom stereocenters. The third kappa shape index (κ3) is 3.16. The van der Waals surface area contributed by atoms with Gasteiger partial charge in [0, 0.05) is 19.3 Å². The molecule has 3 heterocycles. The molecule has 1 aliphatic heterocycles. The molecule has 3 rings (SSSR count). The average molecular weight is 334 g/mol. The summed E-state index contributed by atoms with van der Waals surface area (Å²) in [6.45, 7) is 0.762. The second-order valence-corrected chi connectivity index (χ2v) is 5.55. The van der Waals surface area contributed by atoms with E-state index in [1.807, 2.05) is 0 Å². The van der Waals surface area contributed by atoms with Crippen LogP contribution >= 0.6 is 0 Å². The minimum atomic E-state index is -0.940. The van der Waals surface area contributed by atoms with E-state index in [9.17, 15) is 9.90 Å². The number of rotatable bonds is 4.